The van der Waals surface area contributed by atoms with Gasteiger partial charge in [0.2, 0.25) is 12.9 Å². The number of carbonyl (C=O) groups excluding carboxylic acids is 3. The van der Waals surface area contributed by atoms with E-state index in [1.807, 2.05) is 0 Å². The third-order valence-corrected chi connectivity index (χ3v) is 10.1. The minimum absolute atomic E-state index is 0.00514. The predicted octanol–water partition coefficient (Wildman–Crippen LogP) is 4.91. The monoisotopic (exact) mass is 752 g/mol. The summed E-state index contributed by atoms with van der Waals surface area (Å²) in [5.41, 5.74) is 1.69. The molecule has 0 bridgehead atoms. The van der Waals surface area contributed by atoms with Crippen LogP contribution >= 0.6 is 21.2 Å². The van der Waals surface area contributed by atoms with Gasteiger partial charge in [-0.1, -0.05) is 6.07 Å². The molecule has 0 saturated carbocycles. The Morgan fingerprint density at radius 3 is 2.49 bits per heavy atom. The number of likely N-dealkylation sites (tertiary alicyclic amines) is 1. The molecule has 0 aliphatic carbocycles. The molecule has 1 fully saturated rings. The number of nitrogens with zero attached hydrogens (tertiary/aromatic N) is 1. The van der Waals surface area contributed by atoms with Gasteiger partial charge in [0.1, 0.15) is 11.9 Å². The van der Waals surface area contributed by atoms with Crippen molar-refractivity contribution in [1.29, 1.82) is 0 Å². The summed E-state index contributed by atoms with van der Waals surface area (Å²) >= 11 is 1.35. The Hall–Kier alpha value is -4.12. The molecule has 1 unspecified atom stereocenters. The lowest BCUT2D eigenvalue weighted by Gasteiger charge is -2.31. The van der Waals surface area contributed by atoms with Crippen LogP contribution in [0.1, 0.15) is 52.0 Å². The zero-order valence-electron chi connectivity index (χ0n) is 24.5. The number of carbonyl (C=O) groups is 3. The summed E-state index contributed by atoms with van der Waals surface area (Å²) in [7, 11) is 0.381. The van der Waals surface area contributed by atoms with Gasteiger partial charge in [-0.05, 0) is 66.4 Å². The molecule has 12 nitrogen and oxygen atoms in total. The first-order valence-corrected chi connectivity index (χ1v) is 17.8. The molecule has 238 valence electrons. The Morgan fingerprint density at radius 2 is 1.80 bits per heavy atom. The van der Waals surface area contributed by atoms with E-state index in [-0.39, 0.29) is 28.3 Å². The van der Waals surface area contributed by atoms with Gasteiger partial charge in [0, 0.05) is 35.6 Å². The Kier molecular flexibility index (Phi) is 9.38. The van der Waals surface area contributed by atoms with Crippen molar-refractivity contribution in [2.24, 2.45) is 0 Å². The summed E-state index contributed by atoms with van der Waals surface area (Å²) in [6.07, 6.45) is 0.273. The zero-order chi connectivity index (χ0) is 32.5. The van der Waals surface area contributed by atoms with E-state index in [9.17, 15) is 22.8 Å². The van der Waals surface area contributed by atoms with Gasteiger partial charge in [0.05, 0.1) is 53.5 Å². The topological polar surface area (TPSA) is 152 Å². The average Bonchev–Trinajstić information content (AvgIpc) is 3.66. The Labute approximate surface area is 271 Å². The minimum Gasteiger partial charge on any atom is -0.493 e. The lowest BCUT2D eigenvalue weighted by atomic mass is 10.00. The number of ether oxygens (including phenoxy) is 3. The molecule has 2 aliphatic heterocycles. The van der Waals surface area contributed by atoms with Crippen molar-refractivity contribution in [1.82, 2.24) is 10.2 Å². The van der Waals surface area contributed by atoms with Crippen LogP contribution in [0.2, 0.25) is 0 Å². The van der Waals surface area contributed by atoms with E-state index in [2.05, 4.69) is 20.7 Å². The Balaban J connectivity index is 1.58. The molecule has 2 heterocycles. The van der Waals surface area contributed by atoms with Gasteiger partial charge in [-0.15, -0.1) is 0 Å². The normalized spacial score (nSPS) is 16.4. The summed E-state index contributed by atoms with van der Waals surface area (Å²) in [6, 6.07) is 10.2. The van der Waals surface area contributed by atoms with Crippen molar-refractivity contribution in [3.8, 4) is 11.5 Å². The number of fused-ring (bicyclic) bond motifs is 1. The van der Waals surface area contributed by atoms with Gasteiger partial charge in [-0.2, -0.15) is 0 Å². The van der Waals surface area contributed by atoms with Crippen molar-refractivity contribution in [3.05, 3.63) is 76.6 Å². The van der Waals surface area contributed by atoms with E-state index < -0.39 is 42.8 Å². The number of hydrogen-bond acceptors (Lipinski definition) is 9. The fourth-order valence-corrected chi connectivity index (χ4v) is 7.56. The van der Waals surface area contributed by atoms with Crippen LogP contribution < -0.4 is 25.4 Å². The van der Waals surface area contributed by atoms with E-state index in [1.54, 1.807) is 23.1 Å². The summed E-state index contributed by atoms with van der Waals surface area (Å²) in [6.45, 7) is 0.366. The molecular weight excluding hydrogens is 722 g/mol. The number of anilines is 2. The third kappa shape index (κ3) is 6.63. The van der Waals surface area contributed by atoms with Gasteiger partial charge in [0.15, 0.2) is 11.5 Å². The quantitative estimate of drug-likeness (QED) is 0.205. The highest BCUT2D eigenvalue weighted by molar-refractivity contribution is 14.2. The lowest BCUT2D eigenvalue weighted by Crippen LogP contribution is -2.38. The van der Waals surface area contributed by atoms with Crippen LogP contribution in [0.5, 0.6) is 11.5 Å². The SMILES string of the molecule is COC(=O)Nc1ccc(S(=O)(=O)I)c([C@H]2CCCN2C(=O)C(Nc2cc(F)c3c(c2)C(=O)NC3)c2ccc(OC)c(OC)c2)c1. The van der Waals surface area contributed by atoms with E-state index in [4.69, 9.17) is 9.47 Å². The second-order valence-corrected chi connectivity index (χ2v) is 15.1. The van der Waals surface area contributed by atoms with Gasteiger partial charge in [-0.25, -0.2) is 17.6 Å². The molecule has 2 atom stereocenters. The van der Waals surface area contributed by atoms with Gasteiger partial charge in [-0.3, -0.25) is 14.9 Å². The fraction of sp³-hybridized carbons (Fsp3) is 0.300. The predicted molar refractivity (Wildman–Crippen MR) is 171 cm³/mol. The Bertz CT molecular complexity index is 1790. The maximum absolute atomic E-state index is 15.0. The van der Waals surface area contributed by atoms with Crippen LogP contribution in [0.4, 0.5) is 20.6 Å². The number of hydrogen-bond donors (Lipinski definition) is 3. The molecule has 1 saturated heterocycles. The molecule has 45 heavy (non-hydrogen) atoms. The Morgan fingerprint density at radius 1 is 1.04 bits per heavy atom. The molecule has 2 aliphatic rings. The zero-order valence-corrected chi connectivity index (χ0v) is 27.5. The molecular formula is C30H30FIN4O8S. The van der Waals surface area contributed by atoms with Crippen molar-refractivity contribution in [3.63, 3.8) is 0 Å². The summed E-state index contributed by atoms with van der Waals surface area (Å²) in [5, 5.41) is 8.26. The maximum atomic E-state index is 15.0. The molecule has 3 aromatic carbocycles. The van der Waals surface area contributed by atoms with Crippen LogP contribution in [0.15, 0.2) is 53.4 Å². The standard InChI is InChI=1S/C30H30FIN4O8S/c1-42-24-8-6-16(11-25(24)43-2)27(34-18-13-19-21(22(31)14-18)15-33-28(19)37)29(38)36-10-4-5-23(36)20-12-17(35-30(39)44-3)7-9-26(20)45(32,40)41/h6-9,11-14,23,27,34H,4-5,10,15H2,1-3H3,(H,33,37)(H,35,39)/t23-,27?/m1/s1. The van der Waals surface area contributed by atoms with Crippen molar-refractivity contribution in [2.75, 3.05) is 38.5 Å². The van der Waals surface area contributed by atoms with Gasteiger partial charge in [0.25, 0.3) is 5.91 Å². The highest BCUT2D eigenvalue weighted by Gasteiger charge is 2.38. The summed E-state index contributed by atoms with van der Waals surface area (Å²) in [5.74, 6) is -0.671. The van der Waals surface area contributed by atoms with Crippen LogP contribution in [0.25, 0.3) is 0 Å². The maximum Gasteiger partial charge on any atom is 0.411 e. The molecule has 5 rings (SSSR count). The molecule has 0 aromatic heterocycles. The highest BCUT2D eigenvalue weighted by Crippen LogP contribution is 2.41. The first kappa shape index (κ1) is 32.3. The number of nitrogens with one attached hydrogen (secondary N) is 3. The average molecular weight is 753 g/mol. The molecule has 3 amide bonds. The lowest BCUT2D eigenvalue weighted by molar-refractivity contribution is -0.133. The van der Waals surface area contributed by atoms with Crippen LogP contribution in [0, 0.1) is 5.82 Å². The van der Waals surface area contributed by atoms with Crippen LogP contribution in [-0.2, 0) is 23.1 Å². The van der Waals surface area contributed by atoms with Gasteiger partial charge >= 0.3 is 6.09 Å². The summed E-state index contributed by atoms with van der Waals surface area (Å²) in [4.78, 5) is 40.3. The number of benzene rings is 3. The van der Waals surface area contributed by atoms with E-state index in [1.165, 1.54) is 72.9 Å². The number of rotatable bonds is 9. The highest BCUT2D eigenvalue weighted by atomic mass is 127. The molecule has 3 aromatic rings. The van der Waals surface area contributed by atoms with Gasteiger partial charge < -0.3 is 29.7 Å². The second kappa shape index (κ2) is 13.1. The molecule has 3 N–H and O–H groups in total. The van der Waals surface area contributed by atoms with Crippen molar-refractivity contribution < 1.29 is 41.4 Å². The minimum atomic E-state index is -3.76. The van der Waals surface area contributed by atoms with E-state index in [0.29, 0.717) is 47.7 Å². The summed E-state index contributed by atoms with van der Waals surface area (Å²) < 4.78 is 56.2. The smallest absolute Gasteiger partial charge is 0.411 e. The first-order chi connectivity index (χ1) is 21.4. The van der Waals surface area contributed by atoms with E-state index in [0.717, 1.165) is 0 Å². The molecule has 15 heteroatoms. The van der Waals surface area contributed by atoms with Crippen molar-refractivity contribution >= 4 is 57.5 Å². The van der Waals surface area contributed by atoms with Crippen molar-refractivity contribution in [2.45, 2.75) is 36.4 Å². The first-order valence-electron chi connectivity index (χ1n) is 13.8. The number of amides is 3. The largest absolute Gasteiger partial charge is 0.493 e. The van der Waals surface area contributed by atoms with Crippen LogP contribution in [0.3, 0.4) is 0 Å². The number of methoxy groups -OCH3 is 3. The number of halogens is 2. The van der Waals surface area contributed by atoms with Crippen LogP contribution in [-0.4, -0.2) is 59.1 Å². The van der Waals surface area contributed by atoms with E-state index >= 15 is 4.39 Å². The molecule has 0 spiro atoms. The third-order valence-electron chi connectivity index (χ3n) is 7.76. The fourth-order valence-electron chi connectivity index (χ4n) is 5.65. The molecule has 0 radical (unpaired) electrons. The second-order valence-electron chi connectivity index (χ2n) is 10.4.